The molecule has 1 atom stereocenters. The van der Waals surface area contributed by atoms with E-state index in [1.54, 1.807) is 20.8 Å². The smallest absolute Gasteiger partial charge is 0.122 e. The fraction of sp³-hybridized carbons (Fsp3) is 1.00. The lowest BCUT2D eigenvalue weighted by Gasteiger charge is -2.22. The summed E-state index contributed by atoms with van der Waals surface area (Å²) < 4.78 is 0. The Kier molecular flexibility index (Phi) is 2.36. The second kappa shape index (κ2) is 2.41. The molecular weight excluding hydrogens is 108 g/mol. The number of quaternary nitrogens is 1. The van der Waals surface area contributed by atoms with Gasteiger partial charge in [0, 0.05) is 0 Å². The van der Waals surface area contributed by atoms with Crippen molar-refractivity contribution in [3.05, 3.63) is 5.21 Å². The van der Waals surface area contributed by atoms with E-state index in [9.17, 15) is 5.21 Å². The van der Waals surface area contributed by atoms with Gasteiger partial charge >= 0.3 is 0 Å². The Hall–Kier alpha value is -0.160. The molecule has 0 rings (SSSR count). The van der Waals surface area contributed by atoms with E-state index < -0.39 is 10.9 Å². The lowest BCUT2D eigenvalue weighted by molar-refractivity contribution is -1.07. The van der Waals surface area contributed by atoms with Crippen LogP contribution in [0.4, 0.5) is 0 Å². The molecule has 0 aromatic heterocycles. The maximum Gasteiger partial charge on any atom is 0.122 e. The Morgan fingerprint density at radius 3 is 1.88 bits per heavy atom. The molecule has 0 aliphatic rings. The molecule has 3 N–H and O–H groups in total. The van der Waals surface area contributed by atoms with Gasteiger partial charge in [0.25, 0.3) is 0 Å². The third-order valence-corrected chi connectivity index (χ3v) is 0.407. The molecule has 1 unspecified atom stereocenters. The highest BCUT2D eigenvalue weighted by Gasteiger charge is 2.13. The van der Waals surface area contributed by atoms with Crippen LogP contribution >= 0.6 is 0 Å². The molecule has 0 spiro atoms. The third kappa shape index (κ3) is 5.84. The molecule has 0 bridgehead atoms. The molecule has 0 aromatic carbocycles. The first kappa shape index (κ1) is 7.84. The highest BCUT2D eigenvalue weighted by atomic mass is 16.9. The van der Waals surface area contributed by atoms with E-state index in [2.05, 4.69) is 4.84 Å². The van der Waals surface area contributed by atoms with Gasteiger partial charge in [0.15, 0.2) is 0 Å². The van der Waals surface area contributed by atoms with E-state index in [4.69, 9.17) is 5.84 Å². The first-order valence-electron chi connectivity index (χ1n) is 2.40. The van der Waals surface area contributed by atoms with Gasteiger partial charge in [-0.3, -0.25) is 0 Å². The topological polar surface area (TPSA) is 62.8 Å². The molecule has 0 aliphatic carbocycles. The summed E-state index contributed by atoms with van der Waals surface area (Å²) in [6, 6.07) is 0. The number of rotatable bonds is 1. The predicted octanol–water partition coefficient (Wildman–Crippen LogP) is -1.03. The second-order valence-corrected chi connectivity index (χ2v) is 2.53. The maximum atomic E-state index is 10.0. The van der Waals surface area contributed by atoms with Gasteiger partial charge in [0.1, 0.15) is 5.60 Å². The molecule has 0 radical (unpaired) electrons. The molecule has 0 aromatic rings. The molecule has 0 aliphatic heterocycles. The first-order valence-corrected chi connectivity index (χ1v) is 2.40. The summed E-state index contributed by atoms with van der Waals surface area (Å²) in [4.78, 5) is 4.58. The van der Waals surface area contributed by atoms with Gasteiger partial charge in [-0.15, -0.1) is 11.2 Å². The van der Waals surface area contributed by atoms with Crippen LogP contribution in [0.25, 0.3) is 0 Å². The lowest BCUT2D eigenvalue weighted by atomic mass is 10.2. The Morgan fingerprint density at radius 1 is 1.50 bits per heavy atom. The summed E-state index contributed by atoms with van der Waals surface area (Å²) in [7, 11) is 0. The van der Waals surface area contributed by atoms with Crippen molar-refractivity contribution in [1.29, 1.82) is 0 Å². The summed E-state index contributed by atoms with van der Waals surface area (Å²) in [5.41, 5.74) is -0.453. The van der Waals surface area contributed by atoms with Crippen LogP contribution in [0.3, 0.4) is 0 Å². The standard InChI is InChI=1S/C4H12N2O2/c1-4(2,3)8-6(5)7/h6H,5H2,1-3H3. The average molecular weight is 120 g/mol. The van der Waals surface area contributed by atoms with E-state index in [1.807, 2.05) is 0 Å². The molecule has 8 heavy (non-hydrogen) atoms. The minimum Gasteiger partial charge on any atom is -0.580 e. The van der Waals surface area contributed by atoms with Crippen LogP contribution in [-0.4, -0.2) is 5.60 Å². The maximum absolute atomic E-state index is 10.0. The zero-order valence-electron chi connectivity index (χ0n) is 5.39. The van der Waals surface area contributed by atoms with Gasteiger partial charge in [-0.25, -0.2) is 0 Å². The molecule has 0 heterocycles. The van der Waals surface area contributed by atoms with Gasteiger partial charge in [-0.05, 0) is 20.8 Å². The molecule has 0 fully saturated rings. The van der Waals surface area contributed by atoms with Crippen molar-refractivity contribution in [2.45, 2.75) is 26.4 Å². The fourth-order valence-corrected chi connectivity index (χ4v) is 0.302. The van der Waals surface area contributed by atoms with Gasteiger partial charge in [-0.2, -0.15) is 4.84 Å². The number of nitrogens with two attached hydrogens (primary N) is 1. The number of hydrogen-bond donors (Lipinski definition) is 2. The Bertz CT molecular complexity index is 66.9. The van der Waals surface area contributed by atoms with Crippen LogP contribution in [0.1, 0.15) is 20.8 Å². The van der Waals surface area contributed by atoms with Gasteiger partial charge in [0.05, 0.1) is 0 Å². The monoisotopic (exact) mass is 120 g/mol. The van der Waals surface area contributed by atoms with Crippen molar-refractivity contribution in [2.24, 2.45) is 5.84 Å². The van der Waals surface area contributed by atoms with Crippen molar-refractivity contribution in [3.8, 4) is 0 Å². The fourth-order valence-electron chi connectivity index (χ4n) is 0.302. The van der Waals surface area contributed by atoms with Crippen LogP contribution in [0.15, 0.2) is 0 Å². The Balaban J connectivity index is 3.39. The van der Waals surface area contributed by atoms with Crippen molar-refractivity contribution < 1.29 is 10.2 Å². The minimum absolute atomic E-state index is 0.453. The quantitative estimate of drug-likeness (QED) is 0.343. The van der Waals surface area contributed by atoms with Gasteiger partial charge in [-0.1, -0.05) is 0 Å². The predicted molar refractivity (Wildman–Crippen MR) is 29.4 cm³/mol. The molecule has 0 saturated carbocycles. The van der Waals surface area contributed by atoms with Crippen LogP contribution < -0.4 is 11.2 Å². The van der Waals surface area contributed by atoms with E-state index in [1.165, 1.54) is 0 Å². The van der Waals surface area contributed by atoms with E-state index in [-0.39, 0.29) is 0 Å². The molecule has 0 saturated heterocycles. The van der Waals surface area contributed by atoms with E-state index in [0.29, 0.717) is 0 Å². The average Bonchev–Trinajstić information content (AvgIpc) is 1.21. The first-order chi connectivity index (χ1) is 3.42. The summed E-state index contributed by atoms with van der Waals surface area (Å²) in [6.45, 7) is 5.28. The molecule has 0 amide bonds. The van der Waals surface area contributed by atoms with Gasteiger partial charge < -0.3 is 5.21 Å². The van der Waals surface area contributed by atoms with Crippen LogP contribution in [0.2, 0.25) is 0 Å². The van der Waals surface area contributed by atoms with Crippen LogP contribution in [0, 0.1) is 5.21 Å². The summed E-state index contributed by atoms with van der Waals surface area (Å²) >= 11 is 0. The Labute approximate surface area is 48.7 Å². The summed E-state index contributed by atoms with van der Waals surface area (Å²) in [5.74, 6) is 4.72. The molecule has 4 heteroatoms. The zero-order chi connectivity index (χ0) is 6.78. The van der Waals surface area contributed by atoms with Crippen LogP contribution in [-0.2, 0) is 4.84 Å². The molecular formula is C4H12N2O2. The second-order valence-electron chi connectivity index (χ2n) is 2.53. The van der Waals surface area contributed by atoms with E-state index in [0.717, 1.165) is 0 Å². The van der Waals surface area contributed by atoms with Crippen molar-refractivity contribution >= 4 is 0 Å². The van der Waals surface area contributed by atoms with Gasteiger partial charge in [0.2, 0.25) is 0 Å². The minimum atomic E-state index is -0.725. The largest absolute Gasteiger partial charge is 0.580 e. The summed E-state index contributed by atoms with van der Waals surface area (Å²) in [5, 5.41) is 9.29. The normalized spacial score (nSPS) is 16.1. The molecule has 50 valence electrons. The van der Waals surface area contributed by atoms with E-state index >= 15 is 0 Å². The molecule has 4 nitrogen and oxygen atoms in total. The van der Waals surface area contributed by atoms with Crippen molar-refractivity contribution in [3.63, 3.8) is 0 Å². The number of hydrogen-bond acceptors (Lipinski definition) is 3. The Morgan fingerprint density at radius 2 is 1.88 bits per heavy atom. The SMILES string of the molecule is CC(C)(C)O[NH+](N)[O-]. The zero-order valence-corrected chi connectivity index (χ0v) is 5.39. The van der Waals surface area contributed by atoms with Crippen molar-refractivity contribution in [1.82, 2.24) is 0 Å². The highest BCUT2D eigenvalue weighted by molar-refractivity contribution is 4.53. The van der Waals surface area contributed by atoms with Crippen molar-refractivity contribution in [2.75, 3.05) is 0 Å². The lowest BCUT2D eigenvalue weighted by Crippen LogP contribution is -3.13. The van der Waals surface area contributed by atoms with Crippen LogP contribution in [0.5, 0.6) is 0 Å². The number of nitrogens with one attached hydrogen (secondary N) is 1. The third-order valence-electron chi connectivity index (χ3n) is 0.407. The highest BCUT2D eigenvalue weighted by Crippen LogP contribution is 2.00. The summed E-state index contributed by atoms with van der Waals surface area (Å²) in [6.07, 6.45) is 0.